The normalized spacial score (nSPS) is 11.6. The lowest BCUT2D eigenvalue weighted by molar-refractivity contribution is -0.159. The number of hydrogen-bond acceptors (Lipinski definition) is 4. The Hall–Kier alpha value is -1.58. The van der Waals surface area contributed by atoms with Gasteiger partial charge in [-0.3, -0.25) is 9.59 Å². The summed E-state index contributed by atoms with van der Waals surface area (Å²) in [4.78, 5) is 23.0. The Labute approximate surface area is 95.9 Å². The fourth-order valence-electron chi connectivity index (χ4n) is 1.35. The minimum atomic E-state index is -0.984. The maximum atomic E-state index is 11.5. The third-order valence-corrected chi connectivity index (χ3v) is 2.09. The first-order valence-corrected chi connectivity index (χ1v) is 4.91. The molecular formula is C12H18O4. The van der Waals surface area contributed by atoms with Gasteiger partial charge in [0, 0.05) is 5.92 Å². The molecule has 1 unspecified atom stereocenters. The SMILES string of the molecule is C=CC(C=C(C)C)C(C(=O)OC)C(=O)OC. The third kappa shape index (κ3) is 3.88. The zero-order valence-corrected chi connectivity index (χ0v) is 10.1. The molecule has 0 rings (SSSR count). The summed E-state index contributed by atoms with van der Waals surface area (Å²) in [6, 6.07) is 0. The predicted octanol–water partition coefficient (Wildman–Crippen LogP) is 1.72. The Bertz CT molecular complexity index is 284. The summed E-state index contributed by atoms with van der Waals surface area (Å²) in [5.74, 6) is -2.63. The molecular weight excluding hydrogens is 208 g/mol. The molecule has 0 N–H and O–H groups in total. The Kier molecular flexibility index (Phi) is 6.15. The van der Waals surface area contributed by atoms with Crippen molar-refractivity contribution in [1.29, 1.82) is 0 Å². The van der Waals surface area contributed by atoms with E-state index >= 15 is 0 Å². The first-order valence-electron chi connectivity index (χ1n) is 4.91. The Morgan fingerprint density at radius 1 is 1.12 bits per heavy atom. The van der Waals surface area contributed by atoms with Gasteiger partial charge in [-0.25, -0.2) is 0 Å². The summed E-state index contributed by atoms with van der Waals surface area (Å²) in [5, 5.41) is 0. The molecule has 0 aliphatic rings. The molecule has 0 aliphatic heterocycles. The van der Waals surface area contributed by atoms with Crippen molar-refractivity contribution in [1.82, 2.24) is 0 Å². The summed E-state index contributed by atoms with van der Waals surface area (Å²) < 4.78 is 9.17. The second kappa shape index (κ2) is 6.82. The minimum Gasteiger partial charge on any atom is -0.468 e. The average molecular weight is 226 g/mol. The van der Waals surface area contributed by atoms with Crippen LogP contribution in [0.4, 0.5) is 0 Å². The van der Waals surface area contributed by atoms with Crippen LogP contribution in [-0.4, -0.2) is 26.2 Å². The number of ether oxygens (including phenoxy) is 2. The Balaban J connectivity index is 5.13. The molecule has 1 atom stereocenters. The first-order chi connectivity index (χ1) is 7.47. The van der Waals surface area contributed by atoms with Crippen LogP contribution in [0.3, 0.4) is 0 Å². The summed E-state index contributed by atoms with van der Waals surface area (Å²) in [6.07, 6.45) is 3.32. The van der Waals surface area contributed by atoms with E-state index in [1.807, 2.05) is 13.8 Å². The Morgan fingerprint density at radius 3 is 1.81 bits per heavy atom. The van der Waals surface area contributed by atoms with Crippen LogP contribution in [0.1, 0.15) is 13.8 Å². The molecule has 0 heterocycles. The average Bonchev–Trinajstić information content (AvgIpc) is 2.26. The van der Waals surface area contributed by atoms with Crippen molar-refractivity contribution in [3.63, 3.8) is 0 Å². The Morgan fingerprint density at radius 2 is 1.56 bits per heavy atom. The molecule has 0 aromatic carbocycles. The first kappa shape index (κ1) is 14.4. The zero-order valence-electron chi connectivity index (χ0n) is 10.1. The van der Waals surface area contributed by atoms with Crippen LogP contribution in [-0.2, 0) is 19.1 Å². The van der Waals surface area contributed by atoms with Gasteiger partial charge in [0.15, 0.2) is 5.92 Å². The summed E-state index contributed by atoms with van der Waals surface area (Å²) in [5.41, 5.74) is 0.989. The van der Waals surface area contributed by atoms with E-state index in [0.717, 1.165) is 5.57 Å². The molecule has 0 fully saturated rings. The molecule has 0 amide bonds. The second-order valence-corrected chi connectivity index (χ2v) is 3.58. The topological polar surface area (TPSA) is 52.6 Å². The number of rotatable bonds is 5. The molecule has 0 saturated heterocycles. The number of carbonyl (C=O) groups excluding carboxylic acids is 2. The van der Waals surface area contributed by atoms with Gasteiger partial charge in [0.05, 0.1) is 14.2 Å². The van der Waals surface area contributed by atoms with Crippen LogP contribution in [0, 0.1) is 11.8 Å². The third-order valence-electron chi connectivity index (χ3n) is 2.09. The van der Waals surface area contributed by atoms with Gasteiger partial charge in [-0.15, -0.1) is 6.58 Å². The van der Waals surface area contributed by atoms with Crippen molar-refractivity contribution in [3.8, 4) is 0 Å². The van der Waals surface area contributed by atoms with Crippen molar-refractivity contribution in [2.45, 2.75) is 13.8 Å². The van der Waals surface area contributed by atoms with Crippen LogP contribution in [0.2, 0.25) is 0 Å². The quantitative estimate of drug-likeness (QED) is 0.407. The van der Waals surface area contributed by atoms with Gasteiger partial charge in [-0.2, -0.15) is 0 Å². The molecule has 4 nitrogen and oxygen atoms in total. The van der Waals surface area contributed by atoms with Crippen LogP contribution < -0.4 is 0 Å². The highest BCUT2D eigenvalue weighted by atomic mass is 16.5. The smallest absolute Gasteiger partial charge is 0.320 e. The lowest BCUT2D eigenvalue weighted by atomic mass is 9.90. The van der Waals surface area contributed by atoms with Gasteiger partial charge >= 0.3 is 11.9 Å². The monoisotopic (exact) mass is 226 g/mol. The maximum Gasteiger partial charge on any atom is 0.320 e. The van der Waals surface area contributed by atoms with Crippen molar-refractivity contribution in [2.75, 3.05) is 14.2 Å². The molecule has 0 bridgehead atoms. The van der Waals surface area contributed by atoms with E-state index in [0.29, 0.717) is 0 Å². The van der Waals surface area contributed by atoms with Gasteiger partial charge in [-0.05, 0) is 13.8 Å². The van der Waals surface area contributed by atoms with Crippen LogP contribution in [0.5, 0.6) is 0 Å². The number of esters is 2. The minimum absolute atomic E-state index is 0.412. The lowest BCUT2D eigenvalue weighted by Crippen LogP contribution is -2.31. The fraction of sp³-hybridized carbons (Fsp3) is 0.500. The highest BCUT2D eigenvalue weighted by Gasteiger charge is 2.34. The van der Waals surface area contributed by atoms with Gasteiger partial charge in [0.2, 0.25) is 0 Å². The van der Waals surface area contributed by atoms with Crippen LogP contribution in [0.25, 0.3) is 0 Å². The largest absolute Gasteiger partial charge is 0.468 e. The molecule has 90 valence electrons. The van der Waals surface area contributed by atoms with Crippen molar-refractivity contribution in [3.05, 3.63) is 24.3 Å². The number of allylic oxidation sites excluding steroid dienone is 3. The van der Waals surface area contributed by atoms with Crippen molar-refractivity contribution >= 4 is 11.9 Å². The van der Waals surface area contributed by atoms with E-state index in [4.69, 9.17) is 0 Å². The maximum absolute atomic E-state index is 11.5. The predicted molar refractivity (Wildman–Crippen MR) is 60.6 cm³/mol. The van der Waals surface area contributed by atoms with E-state index in [9.17, 15) is 9.59 Å². The fourth-order valence-corrected chi connectivity index (χ4v) is 1.35. The highest BCUT2D eigenvalue weighted by Crippen LogP contribution is 2.19. The molecule has 0 aliphatic carbocycles. The molecule has 0 aromatic heterocycles. The molecule has 0 aromatic rings. The molecule has 0 spiro atoms. The molecule has 4 heteroatoms. The second-order valence-electron chi connectivity index (χ2n) is 3.58. The lowest BCUT2D eigenvalue weighted by Gasteiger charge is -2.17. The van der Waals surface area contributed by atoms with Crippen LogP contribution >= 0.6 is 0 Å². The van der Waals surface area contributed by atoms with Gasteiger partial charge < -0.3 is 9.47 Å². The highest BCUT2D eigenvalue weighted by molar-refractivity contribution is 5.95. The van der Waals surface area contributed by atoms with Crippen molar-refractivity contribution < 1.29 is 19.1 Å². The van der Waals surface area contributed by atoms with Gasteiger partial charge in [-0.1, -0.05) is 17.7 Å². The standard InChI is InChI=1S/C12H18O4/c1-6-9(7-8(2)3)10(11(13)15-4)12(14)16-5/h6-7,9-10H,1H2,2-5H3. The molecule has 0 saturated carbocycles. The number of carbonyl (C=O) groups is 2. The van der Waals surface area contributed by atoms with E-state index < -0.39 is 23.8 Å². The number of hydrogen-bond donors (Lipinski definition) is 0. The summed E-state index contributed by atoms with van der Waals surface area (Å²) >= 11 is 0. The van der Waals surface area contributed by atoms with Crippen LogP contribution in [0.15, 0.2) is 24.3 Å². The van der Waals surface area contributed by atoms with E-state index in [1.165, 1.54) is 20.3 Å². The summed E-state index contributed by atoms with van der Waals surface area (Å²) in [7, 11) is 2.47. The summed E-state index contributed by atoms with van der Waals surface area (Å²) in [6.45, 7) is 7.36. The molecule has 0 radical (unpaired) electrons. The zero-order chi connectivity index (χ0) is 12.7. The van der Waals surface area contributed by atoms with Crippen molar-refractivity contribution in [2.24, 2.45) is 11.8 Å². The van der Waals surface area contributed by atoms with Gasteiger partial charge in [0.1, 0.15) is 0 Å². The molecule has 16 heavy (non-hydrogen) atoms. The van der Waals surface area contributed by atoms with Gasteiger partial charge in [0.25, 0.3) is 0 Å². The van der Waals surface area contributed by atoms with E-state index in [1.54, 1.807) is 6.08 Å². The van der Waals surface area contributed by atoms with E-state index in [2.05, 4.69) is 16.1 Å². The van der Waals surface area contributed by atoms with E-state index in [-0.39, 0.29) is 0 Å². The number of methoxy groups -OCH3 is 2.